The first-order chi connectivity index (χ1) is 7.40. The van der Waals surface area contributed by atoms with Gasteiger partial charge < -0.3 is 15.9 Å². The van der Waals surface area contributed by atoms with Gasteiger partial charge in [0.25, 0.3) is 0 Å². The largest absolute Gasteiger partial charge is 0.505 e. The predicted octanol–water partition coefficient (Wildman–Crippen LogP) is 0.936. The van der Waals surface area contributed by atoms with E-state index in [2.05, 4.69) is 0 Å². The Morgan fingerprint density at radius 3 is 2.38 bits per heavy atom. The van der Waals surface area contributed by atoms with Gasteiger partial charge >= 0.3 is 5.97 Å². The van der Waals surface area contributed by atoms with Crippen LogP contribution in [0.3, 0.4) is 0 Å². The lowest BCUT2D eigenvalue weighted by atomic mass is 9.97. The van der Waals surface area contributed by atoms with E-state index in [4.69, 9.17) is 15.9 Å². The Hall–Kier alpha value is -1.76. The quantitative estimate of drug-likeness (QED) is 0.680. The van der Waals surface area contributed by atoms with Gasteiger partial charge in [-0.3, -0.25) is 4.79 Å². The summed E-state index contributed by atoms with van der Waals surface area (Å²) >= 11 is 0. The Bertz CT molecular complexity index is 410. The molecule has 0 heterocycles. The molecule has 0 saturated carbocycles. The summed E-state index contributed by atoms with van der Waals surface area (Å²) in [4.78, 5) is 10.7. The number of halogens is 3. The topological polar surface area (TPSA) is 83.6 Å². The highest BCUT2D eigenvalue weighted by Crippen LogP contribution is 2.32. The van der Waals surface area contributed by atoms with Gasteiger partial charge in [0.1, 0.15) is 5.92 Å². The van der Waals surface area contributed by atoms with Gasteiger partial charge in [-0.2, -0.15) is 0 Å². The summed E-state index contributed by atoms with van der Waals surface area (Å²) in [6.45, 7) is -0.595. The fourth-order valence-electron chi connectivity index (χ4n) is 1.26. The van der Waals surface area contributed by atoms with Gasteiger partial charge in [0, 0.05) is 12.6 Å². The van der Waals surface area contributed by atoms with E-state index in [1.165, 1.54) is 0 Å². The molecule has 0 amide bonds. The molecule has 0 fully saturated rings. The second-order valence-corrected chi connectivity index (χ2v) is 3.04. The van der Waals surface area contributed by atoms with Crippen molar-refractivity contribution in [3.05, 3.63) is 29.1 Å². The van der Waals surface area contributed by atoms with Gasteiger partial charge in [-0.1, -0.05) is 0 Å². The minimum Gasteiger partial charge on any atom is -0.505 e. The van der Waals surface area contributed by atoms with Crippen LogP contribution in [0.1, 0.15) is 11.5 Å². The maximum Gasteiger partial charge on any atom is 0.312 e. The highest BCUT2D eigenvalue weighted by molar-refractivity contribution is 5.77. The Kier molecular flexibility index (Phi) is 3.38. The van der Waals surface area contributed by atoms with Gasteiger partial charge in [0.05, 0.1) is 5.56 Å². The number of benzene rings is 1. The predicted molar refractivity (Wildman–Crippen MR) is 47.4 cm³/mol. The van der Waals surface area contributed by atoms with Crippen molar-refractivity contribution in [3.8, 4) is 5.75 Å². The Balaban J connectivity index is 3.47. The number of aliphatic carboxylic acids is 1. The molecule has 0 spiro atoms. The van der Waals surface area contributed by atoms with E-state index in [1.54, 1.807) is 0 Å². The fraction of sp³-hybridized carbons (Fsp3) is 0.222. The molecule has 88 valence electrons. The molecule has 0 aliphatic heterocycles. The van der Waals surface area contributed by atoms with Crippen molar-refractivity contribution in [2.75, 3.05) is 6.54 Å². The van der Waals surface area contributed by atoms with Crippen molar-refractivity contribution < 1.29 is 28.2 Å². The van der Waals surface area contributed by atoms with E-state index in [0.717, 1.165) is 0 Å². The molecule has 0 radical (unpaired) electrons. The molecule has 0 saturated heterocycles. The van der Waals surface area contributed by atoms with E-state index in [1.807, 2.05) is 0 Å². The van der Waals surface area contributed by atoms with Crippen molar-refractivity contribution in [1.82, 2.24) is 0 Å². The van der Waals surface area contributed by atoms with Crippen LogP contribution >= 0.6 is 0 Å². The smallest absolute Gasteiger partial charge is 0.312 e. The van der Waals surface area contributed by atoms with E-state index < -0.39 is 47.2 Å². The van der Waals surface area contributed by atoms with E-state index in [9.17, 15) is 18.0 Å². The second-order valence-electron chi connectivity index (χ2n) is 3.04. The van der Waals surface area contributed by atoms with Crippen molar-refractivity contribution in [2.45, 2.75) is 5.92 Å². The number of nitrogens with two attached hydrogens (primary N) is 1. The number of phenolic OH excluding ortho intramolecular Hbond substituents is 1. The third kappa shape index (κ3) is 1.94. The van der Waals surface area contributed by atoms with Crippen molar-refractivity contribution >= 4 is 5.97 Å². The van der Waals surface area contributed by atoms with Gasteiger partial charge in [-0.15, -0.1) is 0 Å². The molecule has 16 heavy (non-hydrogen) atoms. The van der Waals surface area contributed by atoms with Crippen LogP contribution in [0, 0.1) is 17.5 Å². The molecule has 7 heteroatoms. The van der Waals surface area contributed by atoms with Crippen molar-refractivity contribution in [2.24, 2.45) is 5.73 Å². The zero-order valence-electron chi connectivity index (χ0n) is 7.88. The van der Waals surface area contributed by atoms with Gasteiger partial charge in [-0.05, 0) is 0 Å². The molecule has 0 aliphatic rings. The van der Waals surface area contributed by atoms with E-state index in [-0.39, 0.29) is 6.07 Å². The van der Waals surface area contributed by atoms with Crippen LogP contribution in [0.25, 0.3) is 0 Å². The first kappa shape index (κ1) is 12.3. The normalized spacial score (nSPS) is 12.5. The van der Waals surface area contributed by atoms with Crippen LogP contribution in [0.4, 0.5) is 13.2 Å². The SMILES string of the molecule is NCC(C(=O)O)c1c(O)c(F)cc(F)c1F. The summed E-state index contributed by atoms with van der Waals surface area (Å²) < 4.78 is 38.9. The highest BCUT2D eigenvalue weighted by atomic mass is 19.2. The summed E-state index contributed by atoms with van der Waals surface area (Å²) in [5.41, 5.74) is 4.06. The summed E-state index contributed by atoms with van der Waals surface area (Å²) in [7, 11) is 0. The molecular weight excluding hydrogens is 227 g/mol. The summed E-state index contributed by atoms with van der Waals surface area (Å²) in [6, 6.07) is 0.129. The molecule has 4 nitrogen and oxygen atoms in total. The minimum atomic E-state index is -1.70. The van der Waals surface area contributed by atoms with Crippen LogP contribution in [0.5, 0.6) is 5.75 Å². The standard InChI is InChI=1S/C9H8F3NO3/c10-4-1-5(11)8(14)6(7(4)12)3(2-13)9(15)16/h1,3,14H,2,13H2,(H,15,16). The average Bonchev–Trinajstić information content (AvgIpc) is 2.21. The third-order valence-electron chi connectivity index (χ3n) is 2.06. The summed E-state index contributed by atoms with van der Waals surface area (Å²) in [5, 5.41) is 17.8. The monoisotopic (exact) mass is 235 g/mol. The number of aromatic hydroxyl groups is 1. The zero-order chi connectivity index (χ0) is 12.5. The second kappa shape index (κ2) is 4.40. The summed E-state index contributed by atoms with van der Waals surface area (Å²) in [6.07, 6.45) is 0. The number of hydrogen-bond acceptors (Lipinski definition) is 3. The number of phenols is 1. The molecule has 0 bridgehead atoms. The van der Waals surface area contributed by atoms with Gasteiger partial charge in [-0.25, -0.2) is 13.2 Å². The van der Waals surface area contributed by atoms with Crippen molar-refractivity contribution in [1.29, 1.82) is 0 Å². The van der Waals surface area contributed by atoms with Gasteiger partial charge in [0.2, 0.25) is 0 Å². The molecule has 0 aromatic heterocycles. The molecule has 1 rings (SSSR count). The van der Waals surface area contributed by atoms with Crippen molar-refractivity contribution in [3.63, 3.8) is 0 Å². The number of hydrogen-bond donors (Lipinski definition) is 3. The Morgan fingerprint density at radius 2 is 1.94 bits per heavy atom. The van der Waals surface area contributed by atoms with E-state index >= 15 is 0 Å². The molecule has 0 aliphatic carbocycles. The minimum absolute atomic E-state index is 0.129. The van der Waals surface area contributed by atoms with Crippen LogP contribution in [-0.4, -0.2) is 22.7 Å². The lowest BCUT2D eigenvalue weighted by Gasteiger charge is -2.13. The number of carboxylic acids is 1. The van der Waals surface area contributed by atoms with Crippen LogP contribution in [-0.2, 0) is 4.79 Å². The number of rotatable bonds is 3. The van der Waals surface area contributed by atoms with Crippen LogP contribution in [0.15, 0.2) is 6.07 Å². The lowest BCUT2D eigenvalue weighted by molar-refractivity contribution is -0.138. The molecule has 1 aromatic carbocycles. The molecular formula is C9H8F3NO3. The number of carbonyl (C=O) groups is 1. The summed E-state index contributed by atoms with van der Waals surface area (Å²) in [5.74, 6) is -9.15. The fourth-order valence-corrected chi connectivity index (χ4v) is 1.26. The van der Waals surface area contributed by atoms with Crippen LogP contribution < -0.4 is 5.73 Å². The van der Waals surface area contributed by atoms with Crippen LogP contribution in [0.2, 0.25) is 0 Å². The Labute approximate surface area is 88.1 Å². The molecule has 1 atom stereocenters. The first-order valence-corrected chi connectivity index (χ1v) is 4.19. The lowest BCUT2D eigenvalue weighted by Crippen LogP contribution is -2.23. The highest BCUT2D eigenvalue weighted by Gasteiger charge is 2.29. The Morgan fingerprint density at radius 1 is 1.38 bits per heavy atom. The number of carboxylic acid groups (broad SMARTS) is 1. The zero-order valence-corrected chi connectivity index (χ0v) is 7.88. The first-order valence-electron chi connectivity index (χ1n) is 4.19. The molecule has 4 N–H and O–H groups in total. The maximum absolute atomic E-state index is 13.2. The van der Waals surface area contributed by atoms with E-state index in [0.29, 0.717) is 0 Å². The average molecular weight is 235 g/mol. The molecule has 1 aromatic rings. The maximum atomic E-state index is 13.2. The molecule has 1 unspecified atom stereocenters. The van der Waals surface area contributed by atoms with Gasteiger partial charge in [0.15, 0.2) is 23.2 Å². The third-order valence-corrected chi connectivity index (χ3v) is 2.06.